The molecular weight excluding hydrogens is 252 g/mol. The van der Waals surface area contributed by atoms with Crippen LogP contribution >= 0.6 is 11.8 Å². The first-order chi connectivity index (χ1) is 9.26. The summed E-state index contributed by atoms with van der Waals surface area (Å²) in [6.07, 6.45) is 4.09. The number of thioether (sulfide) groups is 1. The summed E-state index contributed by atoms with van der Waals surface area (Å²) >= 11 is 1.79. The van der Waals surface area contributed by atoms with E-state index >= 15 is 0 Å². The summed E-state index contributed by atoms with van der Waals surface area (Å²) in [5.74, 6) is 0. The van der Waals surface area contributed by atoms with Gasteiger partial charge in [0.2, 0.25) is 0 Å². The Morgan fingerprint density at radius 2 is 2.00 bits per heavy atom. The molecule has 0 aliphatic carbocycles. The van der Waals surface area contributed by atoms with Gasteiger partial charge in [0, 0.05) is 16.8 Å². The maximum absolute atomic E-state index is 4.42. The van der Waals surface area contributed by atoms with Crippen molar-refractivity contribution in [1.29, 1.82) is 0 Å². The molecule has 2 aromatic rings. The first kappa shape index (κ1) is 14.1. The van der Waals surface area contributed by atoms with Crippen molar-refractivity contribution in [3.8, 4) is 0 Å². The third-order valence-electron chi connectivity index (χ3n) is 3.13. The van der Waals surface area contributed by atoms with Gasteiger partial charge in [-0.3, -0.25) is 4.98 Å². The van der Waals surface area contributed by atoms with Crippen LogP contribution in [0.15, 0.2) is 47.5 Å². The number of benzene rings is 1. The van der Waals surface area contributed by atoms with Crippen molar-refractivity contribution in [2.45, 2.75) is 24.8 Å². The minimum absolute atomic E-state index is 0.210. The topological polar surface area (TPSA) is 24.9 Å². The normalized spacial score (nSPS) is 12.4. The molecule has 0 aliphatic rings. The summed E-state index contributed by atoms with van der Waals surface area (Å²) in [5, 5.41) is 3.56. The smallest absolute Gasteiger partial charge is 0.0602 e. The van der Waals surface area contributed by atoms with Gasteiger partial charge in [0.05, 0.1) is 6.04 Å². The lowest BCUT2D eigenvalue weighted by Crippen LogP contribution is -2.22. The van der Waals surface area contributed by atoms with Gasteiger partial charge in [0.15, 0.2) is 0 Å². The van der Waals surface area contributed by atoms with Gasteiger partial charge in [-0.05, 0) is 43.0 Å². The Labute approximate surface area is 119 Å². The molecule has 3 heteroatoms. The van der Waals surface area contributed by atoms with E-state index in [1.807, 2.05) is 13.1 Å². The molecule has 1 atom stereocenters. The maximum atomic E-state index is 4.42. The number of hydrogen-bond acceptors (Lipinski definition) is 3. The maximum Gasteiger partial charge on any atom is 0.0602 e. The summed E-state index contributed by atoms with van der Waals surface area (Å²) in [6.45, 7) is 5.08. The molecule has 1 aromatic heterocycles. The molecule has 0 aliphatic heterocycles. The zero-order chi connectivity index (χ0) is 13.7. The SMILES string of the molecule is CCNC(c1ccc(C)nc1)c1ccccc1SC. The highest BCUT2D eigenvalue weighted by Gasteiger charge is 2.16. The first-order valence-electron chi connectivity index (χ1n) is 6.55. The Morgan fingerprint density at radius 1 is 1.21 bits per heavy atom. The second-order valence-electron chi connectivity index (χ2n) is 4.47. The van der Waals surface area contributed by atoms with E-state index in [-0.39, 0.29) is 6.04 Å². The summed E-state index contributed by atoms with van der Waals surface area (Å²) in [4.78, 5) is 5.73. The monoisotopic (exact) mass is 272 g/mol. The zero-order valence-corrected chi connectivity index (χ0v) is 12.5. The lowest BCUT2D eigenvalue weighted by atomic mass is 10.00. The first-order valence-corrected chi connectivity index (χ1v) is 7.77. The molecule has 1 unspecified atom stereocenters. The van der Waals surface area contributed by atoms with Gasteiger partial charge < -0.3 is 5.32 Å². The highest BCUT2D eigenvalue weighted by atomic mass is 32.2. The van der Waals surface area contributed by atoms with E-state index in [1.54, 1.807) is 11.8 Å². The molecule has 0 amide bonds. The van der Waals surface area contributed by atoms with E-state index in [0.29, 0.717) is 0 Å². The average molecular weight is 272 g/mol. The van der Waals surface area contributed by atoms with Gasteiger partial charge in [-0.2, -0.15) is 0 Å². The van der Waals surface area contributed by atoms with Crippen molar-refractivity contribution in [2.75, 3.05) is 12.8 Å². The summed E-state index contributed by atoms with van der Waals surface area (Å²) < 4.78 is 0. The second-order valence-corrected chi connectivity index (χ2v) is 5.31. The van der Waals surface area contributed by atoms with Crippen molar-refractivity contribution >= 4 is 11.8 Å². The molecule has 1 aromatic carbocycles. The van der Waals surface area contributed by atoms with Gasteiger partial charge in [0.1, 0.15) is 0 Å². The lowest BCUT2D eigenvalue weighted by Gasteiger charge is -2.21. The molecule has 2 nitrogen and oxygen atoms in total. The van der Waals surface area contributed by atoms with E-state index in [2.05, 4.69) is 59.9 Å². The third-order valence-corrected chi connectivity index (χ3v) is 3.94. The van der Waals surface area contributed by atoms with Crippen LogP contribution in [-0.2, 0) is 0 Å². The Balaban J connectivity index is 2.42. The number of aromatic nitrogens is 1. The largest absolute Gasteiger partial charge is 0.306 e. The van der Waals surface area contributed by atoms with E-state index < -0.39 is 0 Å². The molecule has 0 saturated carbocycles. The number of aryl methyl sites for hydroxylation is 1. The van der Waals surface area contributed by atoms with E-state index in [9.17, 15) is 0 Å². The number of rotatable bonds is 5. The fourth-order valence-corrected chi connectivity index (χ4v) is 2.80. The van der Waals surface area contributed by atoms with Crippen LogP contribution in [0.5, 0.6) is 0 Å². The Morgan fingerprint density at radius 3 is 2.63 bits per heavy atom. The van der Waals surface area contributed by atoms with Crippen molar-refractivity contribution < 1.29 is 0 Å². The average Bonchev–Trinajstić information content (AvgIpc) is 2.46. The Hall–Kier alpha value is -1.32. The van der Waals surface area contributed by atoms with Gasteiger partial charge in [-0.1, -0.05) is 31.2 Å². The Kier molecular flexibility index (Phi) is 5.00. The quantitative estimate of drug-likeness (QED) is 0.838. The third kappa shape index (κ3) is 3.37. The minimum Gasteiger partial charge on any atom is -0.306 e. The molecule has 19 heavy (non-hydrogen) atoms. The highest BCUT2D eigenvalue weighted by Crippen LogP contribution is 2.29. The molecule has 1 heterocycles. The van der Waals surface area contributed by atoms with Gasteiger partial charge in [-0.15, -0.1) is 11.8 Å². The van der Waals surface area contributed by atoms with E-state index in [0.717, 1.165) is 12.2 Å². The molecule has 0 bridgehead atoms. The summed E-state index contributed by atoms with van der Waals surface area (Å²) in [5.41, 5.74) is 3.59. The number of nitrogens with one attached hydrogen (secondary N) is 1. The van der Waals surface area contributed by atoms with Gasteiger partial charge in [0.25, 0.3) is 0 Å². The fourth-order valence-electron chi connectivity index (χ4n) is 2.17. The summed E-state index contributed by atoms with van der Waals surface area (Å²) in [7, 11) is 0. The van der Waals surface area contributed by atoms with Crippen molar-refractivity contribution in [2.24, 2.45) is 0 Å². The standard InChI is InChI=1S/C16H20N2S/c1-4-17-16(13-10-9-12(2)18-11-13)14-7-5-6-8-15(14)19-3/h5-11,16-17H,4H2,1-3H3. The second kappa shape index (κ2) is 6.73. The highest BCUT2D eigenvalue weighted by molar-refractivity contribution is 7.98. The predicted octanol–water partition coefficient (Wildman–Crippen LogP) is 3.81. The van der Waals surface area contributed by atoms with Crippen LogP contribution in [0.25, 0.3) is 0 Å². The van der Waals surface area contributed by atoms with Crippen LogP contribution in [0, 0.1) is 6.92 Å². The van der Waals surface area contributed by atoms with Crippen molar-refractivity contribution in [3.63, 3.8) is 0 Å². The molecule has 2 rings (SSSR count). The van der Waals surface area contributed by atoms with Crippen molar-refractivity contribution in [3.05, 3.63) is 59.4 Å². The molecule has 0 fully saturated rings. The van der Waals surface area contributed by atoms with Crippen LogP contribution in [0.1, 0.15) is 29.8 Å². The Bertz CT molecular complexity index is 523. The fraction of sp³-hybridized carbons (Fsp3) is 0.312. The van der Waals surface area contributed by atoms with Gasteiger partial charge >= 0.3 is 0 Å². The predicted molar refractivity (Wildman–Crippen MR) is 82.7 cm³/mol. The van der Waals surface area contributed by atoms with Gasteiger partial charge in [-0.25, -0.2) is 0 Å². The molecule has 0 spiro atoms. The molecular formula is C16H20N2S. The van der Waals surface area contributed by atoms with Crippen LogP contribution < -0.4 is 5.32 Å². The van der Waals surface area contributed by atoms with Crippen LogP contribution in [0.3, 0.4) is 0 Å². The van der Waals surface area contributed by atoms with Crippen molar-refractivity contribution in [1.82, 2.24) is 10.3 Å². The summed E-state index contributed by atoms with van der Waals surface area (Å²) in [6, 6.07) is 13.0. The zero-order valence-electron chi connectivity index (χ0n) is 11.7. The molecule has 100 valence electrons. The number of nitrogens with zero attached hydrogens (tertiary/aromatic N) is 1. The van der Waals surface area contributed by atoms with E-state index in [1.165, 1.54) is 16.0 Å². The van der Waals surface area contributed by atoms with Crippen LogP contribution in [-0.4, -0.2) is 17.8 Å². The minimum atomic E-state index is 0.210. The lowest BCUT2D eigenvalue weighted by molar-refractivity contribution is 0.620. The molecule has 0 saturated heterocycles. The molecule has 1 N–H and O–H groups in total. The number of pyridine rings is 1. The number of hydrogen-bond donors (Lipinski definition) is 1. The van der Waals surface area contributed by atoms with Crippen LogP contribution in [0.2, 0.25) is 0 Å². The van der Waals surface area contributed by atoms with E-state index in [4.69, 9.17) is 0 Å². The molecule has 0 radical (unpaired) electrons. The van der Waals surface area contributed by atoms with Crippen LogP contribution in [0.4, 0.5) is 0 Å².